The number of ether oxygens (including phenoxy) is 3. The van der Waals surface area contributed by atoms with Gasteiger partial charge in [0, 0.05) is 77.2 Å². The van der Waals surface area contributed by atoms with Gasteiger partial charge in [-0.05, 0) is 82.7 Å². The Kier molecular flexibility index (Phi) is 11.9. The molecule has 0 saturated carbocycles. The molecule has 52 heavy (non-hydrogen) atoms. The fourth-order valence-electron chi connectivity index (χ4n) is 7.01. The van der Waals surface area contributed by atoms with E-state index in [9.17, 15) is 9.59 Å². The Morgan fingerprint density at radius 1 is 0.942 bits per heavy atom. The van der Waals surface area contributed by atoms with Crippen LogP contribution in [0.5, 0.6) is 0 Å². The van der Waals surface area contributed by atoms with E-state index >= 15 is 0 Å². The lowest BCUT2D eigenvalue weighted by molar-refractivity contribution is 0.00198. The summed E-state index contributed by atoms with van der Waals surface area (Å²) >= 11 is 0. The first-order chi connectivity index (χ1) is 24.1. The van der Waals surface area contributed by atoms with Crippen molar-refractivity contribution in [3.63, 3.8) is 0 Å². The first kappa shape index (κ1) is 40.3. The van der Waals surface area contributed by atoms with Crippen molar-refractivity contribution in [3.8, 4) is 11.4 Å². The molecule has 0 unspecified atom stereocenters. The molecule has 0 N–H and O–H groups in total. The van der Waals surface area contributed by atoms with Crippen LogP contribution in [0.15, 0.2) is 24.3 Å². The predicted octanol–water partition coefficient (Wildman–Crippen LogP) is 8.73. The largest absolute Gasteiger partial charge is 0.444 e. The minimum absolute atomic E-state index is 0.0362. The van der Waals surface area contributed by atoms with E-state index in [0.29, 0.717) is 45.3 Å². The van der Waals surface area contributed by atoms with Crippen molar-refractivity contribution >= 4 is 39.1 Å². The van der Waals surface area contributed by atoms with E-state index in [1.54, 1.807) is 4.90 Å². The number of rotatable bonds is 12. The van der Waals surface area contributed by atoms with Crippen molar-refractivity contribution in [1.82, 2.24) is 24.1 Å². The van der Waals surface area contributed by atoms with Gasteiger partial charge in [-0.3, -0.25) is 4.79 Å². The maximum Gasteiger partial charge on any atom is 0.410 e. The van der Waals surface area contributed by atoms with Crippen molar-refractivity contribution in [1.29, 1.82) is 0 Å². The fourth-order valence-corrected chi connectivity index (χ4v) is 8.53. The van der Waals surface area contributed by atoms with Gasteiger partial charge in [-0.15, -0.1) is 0 Å². The quantitative estimate of drug-likeness (QED) is 0.136. The molecular weight excluding hydrogens is 687 g/mol. The summed E-state index contributed by atoms with van der Waals surface area (Å²) in [6.07, 6.45) is 2.68. The summed E-state index contributed by atoms with van der Waals surface area (Å²) in [5.74, 6) is -0.0362. The average Bonchev–Trinajstić information content (AvgIpc) is 3.55. The molecule has 0 bridgehead atoms. The molecule has 288 valence electrons. The second kappa shape index (κ2) is 15.4. The SMILES string of the molecule is C[C@H]1CN(C(=O)c2ccc3cc(-c4nn(COCC[Si](C)(C)C)c5c4CCC(C)(C)C5)n(COCC[Si](C)(C)C)c3c2)CCN1C(=O)OC(C)(C)C. The highest BCUT2D eigenvalue weighted by Crippen LogP contribution is 2.40. The van der Waals surface area contributed by atoms with Crippen LogP contribution < -0.4 is 0 Å². The Hall–Kier alpha value is -2.94. The van der Waals surface area contributed by atoms with E-state index < -0.39 is 21.7 Å². The molecule has 1 aliphatic heterocycles. The highest BCUT2D eigenvalue weighted by molar-refractivity contribution is 6.76. The first-order valence-electron chi connectivity index (χ1n) is 19.3. The fraction of sp³-hybridized carbons (Fsp3) is 0.675. The molecule has 12 heteroatoms. The van der Waals surface area contributed by atoms with Gasteiger partial charge in [0.1, 0.15) is 24.8 Å². The van der Waals surface area contributed by atoms with E-state index in [-0.39, 0.29) is 23.5 Å². The summed E-state index contributed by atoms with van der Waals surface area (Å²) in [6, 6.07) is 10.3. The number of piperazine rings is 1. The second-order valence-corrected chi connectivity index (χ2v) is 30.6. The van der Waals surface area contributed by atoms with Crippen LogP contribution in [0.2, 0.25) is 51.4 Å². The van der Waals surface area contributed by atoms with Crippen molar-refractivity contribution in [3.05, 3.63) is 41.1 Å². The Bertz CT molecular complexity index is 1740. The molecule has 0 spiro atoms. The molecule has 5 rings (SSSR count). The predicted molar refractivity (Wildman–Crippen MR) is 215 cm³/mol. The highest BCUT2D eigenvalue weighted by Gasteiger charge is 2.35. The third-order valence-corrected chi connectivity index (χ3v) is 13.6. The van der Waals surface area contributed by atoms with E-state index in [2.05, 4.69) is 74.5 Å². The zero-order valence-corrected chi connectivity index (χ0v) is 36.1. The van der Waals surface area contributed by atoms with Gasteiger partial charge in [-0.2, -0.15) is 5.10 Å². The summed E-state index contributed by atoms with van der Waals surface area (Å²) in [5.41, 5.74) is 5.79. The van der Waals surface area contributed by atoms with Gasteiger partial charge < -0.3 is 28.6 Å². The number of aromatic nitrogens is 3. The van der Waals surface area contributed by atoms with Gasteiger partial charge in [0.15, 0.2) is 0 Å². The number of carbonyl (C=O) groups excluding carboxylic acids is 2. The van der Waals surface area contributed by atoms with Crippen LogP contribution in [-0.4, -0.2) is 96.8 Å². The molecule has 1 aromatic carbocycles. The molecule has 1 fully saturated rings. The molecule has 1 aliphatic carbocycles. The maximum absolute atomic E-state index is 14.0. The second-order valence-electron chi connectivity index (χ2n) is 19.3. The third-order valence-electron chi connectivity index (χ3n) is 10.2. The Morgan fingerprint density at radius 2 is 1.60 bits per heavy atom. The number of hydrogen-bond acceptors (Lipinski definition) is 6. The van der Waals surface area contributed by atoms with Gasteiger partial charge >= 0.3 is 6.09 Å². The standard InChI is InChI=1S/C40H65N5O5Si2/c1-29-26-42(17-18-43(29)38(47)50-39(2,3)4)37(46)31-14-13-30-23-34(44(33(30)24-31)27-48-19-21-51(7,8)9)36-32-15-16-40(5,6)25-35(32)45(41-36)28-49-20-22-52(10,11)12/h13-14,23-24,29H,15-22,25-28H2,1-12H3/t29-/m0/s1. The topological polar surface area (TPSA) is 91.1 Å². The molecule has 3 aromatic rings. The van der Waals surface area contributed by atoms with Gasteiger partial charge in [0.2, 0.25) is 0 Å². The van der Waals surface area contributed by atoms with Gasteiger partial charge in [-0.25, -0.2) is 9.48 Å². The number of fused-ring (bicyclic) bond motifs is 2. The van der Waals surface area contributed by atoms with Crippen LogP contribution in [0.3, 0.4) is 0 Å². The van der Waals surface area contributed by atoms with Crippen LogP contribution in [0.4, 0.5) is 4.79 Å². The number of carbonyl (C=O) groups is 2. The molecule has 1 atom stereocenters. The monoisotopic (exact) mass is 751 g/mol. The minimum atomic E-state index is -1.29. The van der Waals surface area contributed by atoms with Crippen molar-refractivity contribution in [2.24, 2.45) is 5.41 Å². The molecule has 10 nitrogen and oxygen atoms in total. The summed E-state index contributed by atoms with van der Waals surface area (Å²) < 4.78 is 22.6. The summed E-state index contributed by atoms with van der Waals surface area (Å²) in [6.45, 7) is 30.1. The number of hydrogen-bond donors (Lipinski definition) is 0. The molecule has 2 aromatic heterocycles. The highest BCUT2D eigenvalue weighted by atomic mass is 28.3. The van der Waals surface area contributed by atoms with Crippen molar-refractivity contribution < 1.29 is 23.8 Å². The van der Waals surface area contributed by atoms with Crippen molar-refractivity contribution in [2.45, 2.75) is 137 Å². The van der Waals surface area contributed by atoms with Crippen molar-refractivity contribution in [2.75, 3.05) is 32.8 Å². The van der Waals surface area contributed by atoms with Gasteiger partial charge in [0.05, 0.1) is 11.2 Å². The summed E-state index contributed by atoms with van der Waals surface area (Å²) in [7, 11) is -2.49. The van der Waals surface area contributed by atoms with E-state index in [4.69, 9.17) is 19.3 Å². The van der Waals surface area contributed by atoms with Crippen LogP contribution in [0.1, 0.15) is 69.6 Å². The molecule has 3 heterocycles. The molecule has 0 radical (unpaired) electrons. The van der Waals surface area contributed by atoms with Gasteiger partial charge in [-0.1, -0.05) is 59.2 Å². The van der Waals surface area contributed by atoms with E-state index in [0.717, 1.165) is 60.2 Å². The maximum atomic E-state index is 14.0. The van der Waals surface area contributed by atoms with Crippen LogP contribution in [0.25, 0.3) is 22.3 Å². The average molecular weight is 752 g/mol. The lowest BCUT2D eigenvalue weighted by atomic mass is 9.76. The summed E-state index contributed by atoms with van der Waals surface area (Å²) in [4.78, 5) is 30.4. The minimum Gasteiger partial charge on any atom is -0.444 e. The van der Waals surface area contributed by atoms with E-state index in [1.807, 2.05) is 44.7 Å². The number of nitrogens with zero attached hydrogens (tertiary/aromatic N) is 5. The molecular formula is C40H65N5O5Si2. The lowest BCUT2D eigenvalue weighted by Gasteiger charge is -2.40. The molecule has 1 saturated heterocycles. The van der Waals surface area contributed by atoms with Crippen LogP contribution >= 0.6 is 0 Å². The summed E-state index contributed by atoms with van der Waals surface area (Å²) in [5, 5.41) is 6.33. The molecule has 2 amide bonds. The number of amides is 2. The van der Waals surface area contributed by atoms with Gasteiger partial charge in [0.25, 0.3) is 5.91 Å². The third kappa shape index (κ3) is 10.2. The Labute approximate surface area is 314 Å². The van der Waals surface area contributed by atoms with Crippen LogP contribution in [0, 0.1) is 5.41 Å². The Balaban J connectivity index is 1.47. The Morgan fingerprint density at radius 3 is 2.21 bits per heavy atom. The van der Waals surface area contributed by atoms with Crippen LogP contribution in [-0.2, 0) is 40.5 Å². The number of benzene rings is 1. The smallest absolute Gasteiger partial charge is 0.410 e. The first-order valence-corrected chi connectivity index (χ1v) is 26.7. The zero-order chi connectivity index (χ0) is 38.2. The lowest BCUT2D eigenvalue weighted by Crippen LogP contribution is -2.56. The normalized spacial score (nSPS) is 18.2. The van der Waals surface area contributed by atoms with E-state index in [1.165, 1.54) is 11.3 Å². The zero-order valence-electron chi connectivity index (χ0n) is 34.1. The molecule has 2 aliphatic rings.